The van der Waals surface area contributed by atoms with Crippen molar-refractivity contribution in [3.8, 4) is 11.4 Å². The molecular formula is C11H10FN3O2. The van der Waals surface area contributed by atoms with E-state index >= 15 is 0 Å². The van der Waals surface area contributed by atoms with Gasteiger partial charge in [-0.15, -0.1) is 5.10 Å². The Balaban J connectivity index is 2.33. The molecule has 88 valence electrons. The summed E-state index contributed by atoms with van der Waals surface area (Å²) in [5.74, 6) is -0.292. The summed E-state index contributed by atoms with van der Waals surface area (Å²) in [7, 11) is 0. The lowest BCUT2D eigenvalue weighted by molar-refractivity contribution is 0.111. The van der Waals surface area contributed by atoms with Crippen LogP contribution in [0.5, 0.6) is 5.75 Å². The second-order valence-electron chi connectivity index (χ2n) is 3.25. The highest BCUT2D eigenvalue weighted by Gasteiger charge is 2.07. The van der Waals surface area contributed by atoms with Crippen LogP contribution >= 0.6 is 0 Å². The van der Waals surface area contributed by atoms with Crippen LogP contribution in [0.15, 0.2) is 24.4 Å². The predicted octanol–water partition coefficient (Wildman–Crippen LogP) is 1.62. The van der Waals surface area contributed by atoms with Gasteiger partial charge in [-0.25, -0.2) is 9.07 Å². The Morgan fingerprint density at radius 2 is 2.35 bits per heavy atom. The number of aldehydes is 1. The molecule has 2 rings (SSSR count). The van der Waals surface area contributed by atoms with Gasteiger partial charge < -0.3 is 4.74 Å². The average molecular weight is 235 g/mol. The van der Waals surface area contributed by atoms with Crippen LogP contribution in [-0.4, -0.2) is 27.9 Å². The topological polar surface area (TPSA) is 57.0 Å². The van der Waals surface area contributed by atoms with E-state index in [0.717, 1.165) is 0 Å². The second-order valence-corrected chi connectivity index (χ2v) is 3.25. The van der Waals surface area contributed by atoms with Gasteiger partial charge in [0.05, 0.1) is 18.5 Å². The van der Waals surface area contributed by atoms with Crippen LogP contribution in [0.25, 0.3) is 5.69 Å². The summed E-state index contributed by atoms with van der Waals surface area (Å²) in [6, 6.07) is 4.42. The number of nitrogens with zero attached hydrogens (tertiary/aromatic N) is 3. The zero-order valence-corrected chi connectivity index (χ0v) is 9.13. The van der Waals surface area contributed by atoms with Crippen molar-refractivity contribution in [3.63, 3.8) is 0 Å². The Bertz CT molecular complexity index is 539. The molecule has 6 heteroatoms. The second kappa shape index (κ2) is 4.73. The number of halogens is 1. The van der Waals surface area contributed by atoms with Crippen LogP contribution in [0.3, 0.4) is 0 Å². The molecule has 0 aliphatic rings. The molecule has 0 aliphatic heterocycles. The SMILES string of the molecule is CCOc1ccc(-n2cc(C=O)nn2)cc1F. The van der Waals surface area contributed by atoms with Gasteiger partial charge >= 0.3 is 0 Å². The fourth-order valence-electron chi connectivity index (χ4n) is 1.36. The zero-order valence-electron chi connectivity index (χ0n) is 9.13. The number of ether oxygens (including phenoxy) is 1. The third-order valence-corrected chi connectivity index (χ3v) is 2.11. The third-order valence-electron chi connectivity index (χ3n) is 2.11. The fourth-order valence-corrected chi connectivity index (χ4v) is 1.36. The zero-order chi connectivity index (χ0) is 12.3. The van der Waals surface area contributed by atoms with Crippen molar-refractivity contribution in [3.05, 3.63) is 35.9 Å². The van der Waals surface area contributed by atoms with E-state index in [-0.39, 0.29) is 11.4 Å². The first-order chi connectivity index (χ1) is 8.24. The molecule has 2 aromatic rings. The van der Waals surface area contributed by atoms with Crippen molar-refractivity contribution in [1.82, 2.24) is 15.0 Å². The molecule has 17 heavy (non-hydrogen) atoms. The Labute approximate surface area is 96.8 Å². The summed E-state index contributed by atoms with van der Waals surface area (Å²) in [6.45, 7) is 2.18. The molecule has 5 nitrogen and oxygen atoms in total. The summed E-state index contributed by atoms with van der Waals surface area (Å²) < 4.78 is 20.0. The van der Waals surface area contributed by atoms with Crippen LogP contribution in [0.2, 0.25) is 0 Å². The maximum Gasteiger partial charge on any atom is 0.171 e. The average Bonchev–Trinajstić information content (AvgIpc) is 2.80. The van der Waals surface area contributed by atoms with Gasteiger partial charge in [0.2, 0.25) is 0 Å². The normalized spacial score (nSPS) is 10.2. The number of hydrogen-bond donors (Lipinski definition) is 0. The summed E-state index contributed by atoms with van der Waals surface area (Å²) in [5.41, 5.74) is 0.672. The summed E-state index contributed by atoms with van der Waals surface area (Å²) in [4.78, 5) is 10.4. The molecule has 0 saturated carbocycles. The van der Waals surface area contributed by atoms with E-state index in [2.05, 4.69) is 10.3 Å². The molecule has 0 aliphatic carbocycles. The maximum absolute atomic E-state index is 13.6. The Morgan fingerprint density at radius 3 is 2.94 bits per heavy atom. The highest BCUT2D eigenvalue weighted by atomic mass is 19.1. The first-order valence-corrected chi connectivity index (χ1v) is 5.05. The van der Waals surface area contributed by atoms with Gasteiger partial charge in [0.25, 0.3) is 0 Å². The maximum atomic E-state index is 13.6. The molecule has 0 N–H and O–H groups in total. The number of rotatable bonds is 4. The molecule has 0 amide bonds. The van der Waals surface area contributed by atoms with E-state index in [1.54, 1.807) is 13.0 Å². The van der Waals surface area contributed by atoms with Gasteiger partial charge in [-0.2, -0.15) is 0 Å². The Hall–Kier alpha value is -2.24. The highest BCUT2D eigenvalue weighted by Crippen LogP contribution is 2.20. The lowest BCUT2D eigenvalue weighted by Crippen LogP contribution is -1.99. The number of carbonyl (C=O) groups excluding carboxylic acids is 1. The minimum Gasteiger partial charge on any atom is -0.491 e. The van der Waals surface area contributed by atoms with Gasteiger partial charge in [0, 0.05) is 6.07 Å². The Morgan fingerprint density at radius 1 is 1.53 bits per heavy atom. The van der Waals surface area contributed by atoms with Crippen molar-refractivity contribution in [2.75, 3.05) is 6.61 Å². The van der Waals surface area contributed by atoms with Crippen LogP contribution in [0.4, 0.5) is 4.39 Å². The van der Waals surface area contributed by atoms with Gasteiger partial charge in [-0.1, -0.05) is 5.21 Å². The smallest absolute Gasteiger partial charge is 0.171 e. The molecular weight excluding hydrogens is 225 g/mol. The summed E-state index contributed by atoms with van der Waals surface area (Å²) in [5, 5.41) is 7.29. The van der Waals surface area contributed by atoms with Crippen molar-refractivity contribution in [1.29, 1.82) is 0 Å². The predicted molar refractivity (Wildman–Crippen MR) is 57.9 cm³/mol. The summed E-state index contributed by atoms with van der Waals surface area (Å²) in [6.07, 6.45) is 2.00. The molecule has 0 fully saturated rings. The minimum atomic E-state index is -0.479. The van der Waals surface area contributed by atoms with Crippen molar-refractivity contribution in [2.24, 2.45) is 0 Å². The molecule has 1 aromatic heterocycles. The van der Waals surface area contributed by atoms with E-state index in [0.29, 0.717) is 18.6 Å². The molecule has 0 atom stereocenters. The third kappa shape index (κ3) is 2.30. The first-order valence-electron chi connectivity index (χ1n) is 5.05. The lowest BCUT2D eigenvalue weighted by atomic mass is 10.3. The van der Waals surface area contributed by atoms with E-state index in [1.807, 2.05) is 0 Å². The van der Waals surface area contributed by atoms with E-state index in [1.165, 1.54) is 23.0 Å². The molecule has 0 saturated heterocycles. The molecule has 1 heterocycles. The Kier molecular flexibility index (Phi) is 3.13. The minimum absolute atomic E-state index is 0.187. The number of benzene rings is 1. The largest absolute Gasteiger partial charge is 0.491 e. The van der Waals surface area contributed by atoms with E-state index < -0.39 is 5.82 Å². The quantitative estimate of drug-likeness (QED) is 0.755. The molecule has 0 unspecified atom stereocenters. The monoisotopic (exact) mass is 235 g/mol. The fraction of sp³-hybridized carbons (Fsp3) is 0.182. The first kappa shape index (κ1) is 11.3. The van der Waals surface area contributed by atoms with Gasteiger partial charge in [0.1, 0.15) is 5.69 Å². The van der Waals surface area contributed by atoms with Crippen molar-refractivity contribution < 1.29 is 13.9 Å². The van der Waals surface area contributed by atoms with E-state index in [4.69, 9.17) is 4.74 Å². The van der Waals surface area contributed by atoms with Crippen LogP contribution < -0.4 is 4.74 Å². The lowest BCUT2D eigenvalue weighted by Gasteiger charge is -2.06. The van der Waals surface area contributed by atoms with E-state index in [9.17, 15) is 9.18 Å². The van der Waals surface area contributed by atoms with Crippen molar-refractivity contribution in [2.45, 2.75) is 6.92 Å². The number of carbonyl (C=O) groups is 1. The summed E-state index contributed by atoms with van der Waals surface area (Å²) >= 11 is 0. The standard InChI is InChI=1S/C11H10FN3O2/c1-2-17-11-4-3-9(5-10(11)12)15-6-8(7-16)13-14-15/h3-7H,2H2,1H3. The molecule has 0 spiro atoms. The molecule has 1 aromatic carbocycles. The van der Waals surface area contributed by atoms with Gasteiger partial charge in [-0.3, -0.25) is 4.79 Å². The van der Waals surface area contributed by atoms with Gasteiger partial charge in [0.15, 0.2) is 17.9 Å². The number of hydrogen-bond acceptors (Lipinski definition) is 4. The molecule has 0 bridgehead atoms. The van der Waals surface area contributed by atoms with Crippen molar-refractivity contribution >= 4 is 6.29 Å². The highest BCUT2D eigenvalue weighted by molar-refractivity contribution is 5.70. The van der Waals surface area contributed by atoms with Crippen LogP contribution in [0.1, 0.15) is 17.4 Å². The van der Waals surface area contributed by atoms with Crippen LogP contribution in [0, 0.1) is 5.82 Å². The van der Waals surface area contributed by atoms with Gasteiger partial charge in [-0.05, 0) is 19.1 Å². The molecule has 0 radical (unpaired) electrons. The number of aromatic nitrogens is 3. The van der Waals surface area contributed by atoms with Crippen LogP contribution in [-0.2, 0) is 0 Å².